The Bertz CT molecular complexity index is 3880. The largest absolute Gasteiger partial charge is 0.444 e. The number of amides is 7. The summed E-state index contributed by atoms with van der Waals surface area (Å²) in [4.78, 5) is 99.6. The lowest BCUT2D eigenvalue weighted by molar-refractivity contribution is 0.0107. The summed E-state index contributed by atoms with van der Waals surface area (Å²) in [6.45, 7) is 65.8. The molecule has 40 heteroatoms. The van der Waals surface area contributed by atoms with Gasteiger partial charge in [-0.1, -0.05) is 44.5 Å². The van der Waals surface area contributed by atoms with Gasteiger partial charge < -0.3 is 157 Å². The van der Waals surface area contributed by atoms with Crippen molar-refractivity contribution in [3.05, 3.63) is 97.4 Å². The zero-order valence-corrected chi connectivity index (χ0v) is 92.4. The molecule has 4 aromatic rings. The van der Waals surface area contributed by atoms with E-state index in [0.717, 1.165) is 159 Å². The minimum Gasteiger partial charge on any atom is -0.444 e. The van der Waals surface area contributed by atoms with E-state index in [9.17, 15) is 33.6 Å². The van der Waals surface area contributed by atoms with E-state index in [4.69, 9.17) is 90.5 Å². The minimum atomic E-state index is -0.447. The first-order valence-electron chi connectivity index (χ1n) is 50.7. The van der Waals surface area contributed by atoms with E-state index in [1.807, 2.05) is 219 Å². The van der Waals surface area contributed by atoms with Crippen molar-refractivity contribution in [2.24, 2.45) is 62.8 Å². The van der Waals surface area contributed by atoms with Crippen molar-refractivity contribution >= 4 is 48.3 Å². The number of aryl methyl sites for hydroxylation is 1. The fraction of sp³-hybridized carbons (Fsp3) is 0.765. The molecule has 0 radical (unpaired) electrons. The number of carbonyl (C=O) groups is 7. The van der Waals surface area contributed by atoms with Crippen LogP contribution in [0.5, 0.6) is 0 Å². The van der Waals surface area contributed by atoms with Gasteiger partial charge in [0.1, 0.15) is 39.2 Å². The summed E-state index contributed by atoms with van der Waals surface area (Å²) in [6.07, 6.45) is 24.5. The Morgan fingerprint density at radius 1 is 0.493 bits per heavy atom. The van der Waals surface area contributed by atoms with Crippen molar-refractivity contribution in [1.29, 1.82) is 0 Å². The highest BCUT2D eigenvalue weighted by molar-refractivity contribution is 5.71. The normalized spacial score (nSPS) is 18.1. The van der Waals surface area contributed by atoms with Gasteiger partial charge in [-0.15, -0.1) is 0 Å². The lowest BCUT2D eigenvalue weighted by atomic mass is 9.80. The molecule has 0 aliphatic carbocycles. The fourth-order valence-electron chi connectivity index (χ4n) is 13.9. The lowest BCUT2D eigenvalue weighted by Gasteiger charge is -2.45. The molecule has 3 aromatic heterocycles. The van der Waals surface area contributed by atoms with Crippen LogP contribution in [-0.2, 0) is 52.7 Å². The number of nitrogens with one attached hydrogen (secondary N) is 9. The zero-order chi connectivity index (χ0) is 109. The lowest BCUT2D eigenvalue weighted by Crippen LogP contribution is -2.60. The van der Waals surface area contributed by atoms with Crippen molar-refractivity contribution < 1.29 is 66.7 Å². The fourth-order valence-corrected chi connectivity index (χ4v) is 13.9. The monoisotopic (exact) mass is 2010 g/mol. The second-order valence-electron chi connectivity index (χ2n) is 44.6. The first-order valence-corrected chi connectivity index (χ1v) is 50.7. The van der Waals surface area contributed by atoms with Gasteiger partial charge in [0.2, 0.25) is 0 Å². The molecule has 0 bridgehead atoms. The van der Waals surface area contributed by atoms with Crippen LogP contribution in [0.4, 0.5) is 39.2 Å². The molecule has 1 aromatic carbocycles. The second-order valence-corrected chi connectivity index (χ2v) is 44.6. The van der Waals surface area contributed by atoms with Gasteiger partial charge in [-0.3, -0.25) is 4.98 Å². The number of nitrogens with two attached hydrogens (primary N) is 10. The van der Waals surface area contributed by atoms with Crippen LogP contribution in [0.15, 0.2) is 86.0 Å². The Morgan fingerprint density at radius 3 is 1.42 bits per heavy atom. The number of hydrogen-bond donors (Lipinski definition) is 19. The molecule has 6 saturated heterocycles. The number of anilines is 1. The van der Waals surface area contributed by atoms with Crippen LogP contribution in [0.2, 0.25) is 0 Å². The number of hydrogen-bond acceptors (Lipinski definition) is 31. The SMILES string of the molecule is CC(C)(C)OC(=O)N1CCC(N)C1.CC(C)(C)OC(=O)N1CCCC1CN.CC(C)(C)OC(=O)N1CCCCC1CN.CC(C)(C)OC(=O)NC1CCCNC1.CC(C)(C)OC(=O)NCC1CCCCN1.CC(C)(C)OC(=O)NCCN.CC(C)(CN)CNC(=O)OC(C)(C)C.CC1(C)CC(N)CC(C)(C)N1.NCCCn1ccnc1.NCCNc1ccccc1.NCCc1cnc[nH]1.NCc1ccccn1. The van der Waals surface area contributed by atoms with Gasteiger partial charge in [0.25, 0.3) is 0 Å². The third-order valence-electron chi connectivity index (χ3n) is 20.0. The topological polar surface area (TPSA) is 610 Å². The molecule has 0 saturated carbocycles. The predicted octanol–water partition coefficient (Wildman–Crippen LogP) is 11.9. The molecule has 40 nitrogen and oxygen atoms in total. The Labute approximate surface area is 853 Å². The number of piperidine rings is 4. The van der Waals surface area contributed by atoms with Gasteiger partial charge in [-0.05, 0) is 319 Å². The van der Waals surface area contributed by atoms with Gasteiger partial charge in [-0.25, -0.2) is 43.5 Å². The summed E-state index contributed by atoms with van der Waals surface area (Å²) in [5, 5.41) is 24.2. The van der Waals surface area contributed by atoms with Gasteiger partial charge >= 0.3 is 42.7 Å². The number of ether oxygens (including phenoxy) is 7. The average Bonchev–Trinajstić information content (AvgIpc) is 1.18. The molecule has 29 N–H and O–H groups in total. The molecule has 5 unspecified atom stereocenters. The summed E-state index contributed by atoms with van der Waals surface area (Å²) in [6, 6.07) is 17.2. The van der Waals surface area contributed by atoms with Crippen LogP contribution in [0.1, 0.15) is 288 Å². The molecule has 5 atom stereocenters. The number of benzene rings is 1. The van der Waals surface area contributed by atoms with Crippen molar-refractivity contribution in [1.82, 2.24) is 76.4 Å². The maximum absolute atomic E-state index is 11.8. The Kier molecular flexibility index (Phi) is 67.2. The summed E-state index contributed by atoms with van der Waals surface area (Å²) in [5.74, 6) is 0. The number of imidazole rings is 2. The first-order chi connectivity index (χ1) is 65.9. The number of pyridine rings is 1. The third-order valence-corrected chi connectivity index (χ3v) is 20.0. The van der Waals surface area contributed by atoms with E-state index in [-0.39, 0.29) is 77.2 Å². The van der Waals surface area contributed by atoms with Crippen molar-refractivity contribution in [3.63, 3.8) is 0 Å². The number of nitrogens with zero attached hydrogens (tertiary/aromatic N) is 7. The number of likely N-dealkylation sites (tertiary alicyclic amines) is 3. The molecule has 10 rings (SSSR count). The van der Waals surface area contributed by atoms with Crippen LogP contribution in [-0.4, -0.2) is 286 Å². The summed E-state index contributed by atoms with van der Waals surface area (Å²) in [5.41, 5.74) is 55.3. The maximum atomic E-state index is 11.8. The van der Waals surface area contributed by atoms with Crippen molar-refractivity contribution in [3.8, 4) is 0 Å². The molecule has 142 heavy (non-hydrogen) atoms. The molecule has 6 fully saturated rings. The van der Waals surface area contributed by atoms with Gasteiger partial charge in [0.15, 0.2) is 0 Å². The van der Waals surface area contributed by atoms with Crippen LogP contribution in [0.25, 0.3) is 0 Å². The zero-order valence-electron chi connectivity index (χ0n) is 92.4. The first kappa shape index (κ1) is 135. The molecule has 822 valence electrons. The maximum Gasteiger partial charge on any atom is 0.410 e. The third kappa shape index (κ3) is 77.5. The second kappa shape index (κ2) is 70.7. The van der Waals surface area contributed by atoms with Crippen LogP contribution in [0, 0.1) is 5.41 Å². The smallest absolute Gasteiger partial charge is 0.410 e. The van der Waals surface area contributed by atoms with E-state index < -0.39 is 45.3 Å². The molecular weight excluding hydrogens is 1810 g/mol. The van der Waals surface area contributed by atoms with E-state index in [1.165, 1.54) is 12.8 Å². The van der Waals surface area contributed by atoms with Crippen molar-refractivity contribution in [2.45, 2.75) is 383 Å². The molecule has 6 aliphatic rings. The number of H-pyrrole nitrogens is 1. The van der Waals surface area contributed by atoms with E-state index in [1.54, 1.807) is 45.9 Å². The molecular formula is C102H200N26O14. The van der Waals surface area contributed by atoms with Gasteiger partial charge in [0, 0.05) is 188 Å². The van der Waals surface area contributed by atoms with Crippen LogP contribution < -0.4 is 99.9 Å². The highest BCUT2D eigenvalue weighted by Crippen LogP contribution is 2.28. The number of aromatic nitrogens is 5. The molecule has 6 aliphatic heterocycles. The Morgan fingerprint density at radius 2 is 1.00 bits per heavy atom. The minimum absolute atomic E-state index is 0.0864. The van der Waals surface area contributed by atoms with Crippen LogP contribution >= 0.6 is 0 Å². The molecule has 9 heterocycles. The van der Waals surface area contributed by atoms with E-state index in [0.29, 0.717) is 84.1 Å². The van der Waals surface area contributed by atoms with Gasteiger partial charge in [-0.2, -0.15) is 0 Å². The number of aromatic amines is 1. The summed E-state index contributed by atoms with van der Waals surface area (Å²) in [7, 11) is 0. The molecule has 0 spiro atoms. The highest BCUT2D eigenvalue weighted by atomic mass is 16.6. The van der Waals surface area contributed by atoms with Crippen molar-refractivity contribution in [2.75, 3.05) is 123 Å². The van der Waals surface area contributed by atoms with Gasteiger partial charge in [0.05, 0.1) is 18.3 Å². The number of para-hydroxylation sites is 1. The van der Waals surface area contributed by atoms with Crippen LogP contribution in [0.3, 0.4) is 0 Å². The number of rotatable bonds is 19. The number of alkyl carbamates (subject to hydrolysis) is 4. The Balaban J connectivity index is 0. The van der Waals surface area contributed by atoms with E-state index in [2.05, 4.69) is 90.2 Å². The molecule has 7 amide bonds. The average molecular weight is 2010 g/mol. The Hall–Kier alpha value is -9.04. The predicted molar refractivity (Wildman–Crippen MR) is 572 cm³/mol. The standard InChI is InChI=1S/2C11H22N2O2.2C10H20N2O2.C10H22N2O2.C9H18N2O2.C9H20N2.C8H12N2.C7H16N2O2.C6H11N3.C6H8N2.C5H9N3/c1-11(2,3)15-10(14)13-7-5-4-6-9(13)8-12;1-11(2,3)15-10(14)13-8-9-6-4-5-7-12-9;1-10(2,3)14-9(13)12-6-4-5-8(12)7-11;1-10(2,3)14-9(13)12-8-5-4-6-11-7-8;1-9(2,3)14-8(13)12-7-10(4,5)6-11;1-9(2,3)13-8(12)11-5-4-7(10)6-11;1-8(2)5-7(10)6-9(3,4)11-8;9-6-7-10-8-4-2-1-3-5-8;1-7(2,3)11-6(10)9-5-4-8;7-2-1-4-9-5-3-8-6-9;7-5-6-3-1-2-4-8-6;6-2-1-5-3-7-4-8-5/h9H,4-8,12H2,1-3H3;9,12H,4-8H2,1-3H3,(H,13,14);8H,4-7,11H2,1-3H3;8,11H,4-7H2,1-3H3,(H,12,13);6-7,11H2,1-5H3,(H,12,13);7H,4-6,10H2,1-3H3;7,11H,5-6,10H2,1-4H3;1-5,10H,6-7,9H2;4-5,8H2,1-3H3,(H,9,10);3,5-6H,1-2,4,7H2;1-4H,5,7H2;3-4H,1-2,6H2,(H,7,8). The number of carbonyl (C=O) groups excluding carboxylic acids is 7. The highest BCUT2D eigenvalue weighted by Gasteiger charge is 2.37. The summed E-state index contributed by atoms with van der Waals surface area (Å²) >= 11 is 0. The quantitative estimate of drug-likeness (QED) is 0.0388. The summed E-state index contributed by atoms with van der Waals surface area (Å²) < 4.78 is 38.2. The van der Waals surface area contributed by atoms with E-state index >= 15 is 0 Å².